The van der Waals surface area contributed by atoms with Crippen molar-refractivity contribution < 1.29 is 4.74 Å². The fourth-order valence-corrected chi connectivity index (χ4v) is 2.16. The first-order chi connectivity index (χ1) is 7.18. The van der Waals surface area contributed by atoms with Crippen molar-refractivity contribution in [3.63, 3.8) is 0 Å². The zero-order valence-corrected chi connectivity index (χ0v) is 12.3. The Kier molecular flexibility index (Phi) is 5.15. The molecule has 0 N–H and O–H groups in total. The van der Waals surface area contributed by atoms with Crippen molar-refractivity contribution in [1.29, 1.82) is 0 Å². The highest BCUT2D eigenvalue weighted by molar-refractivity contribution is 9.10. The molecule has 4 heteroatoms. The predicted octanol–water partition coefficient (Wildman–Crippen LogP) is 3.10. The maximum Gasteiger partial charge on any atom is 0.0668 e. The van der Waals surface area contributed by atoms with Gasteiger partial charge in [-0.15, -0.1) is 0 Å². The van der Waals surface area contributed by atoms with Crippen LogP contribution in [-0.2, 0) is 4.74 Å². The van der Waals surface area contributed by atoms with Crippen LogP contribution in [0.1, 0.15) is 12.5 Å². The van der Waals surface area contributed by atoms with Crippen LogP contribution < -0.4 is 4.90 Å². The van der Waals surface area contributed by atoms with Gasteiger partial charge >= 0.3 is 0 Å². The lowest BCUT2D eigenvalue weighted by Gasteiger charge is -2.35. The van der Waals surface area contributed by atoms with Gasteiger partial charge in [0, 0.05) is 22.7 Å². The van der Waals surface area contributed by atoms with Gasteiger partial charge in [0.25, 0.3) is 0 Å². The maximum atomic E-state index is 5.44. The number of ether oxygens (including phenoxy) is 1. The van der Waals surface area contributed by atoms with Gasteiger partial charge in [0.15, 0.2) is 0 Å². The van der Waals surface area contributed by atoms with Gasteiger partial charge in [-0.05, 0) is 37.6 Å². The zero-order valence-electron chi connectivity index (χ0n) is 9.66. The molecule has 1 aromatic rings. The molecule has 1 saturated heterocycles. The number of hydrogen-bond donors (Lipinski definition) is 0. The molecule has 2 nitrogen and oxygen atoms in total. The van der Waals surface area contributed by atoms with Gasteiger partial charge in [-0.1, -0.05) is 15.9 Å². The summed E-state index contributed by atoms with van der Waals surface area (Å²) in [6, 6.07) is 6.98. The molecule has 1 fully saturated rings. The van der Waals surface area contributed by atoms with Crippen molar-refractivity contribution in [3.05, 3.63) is 28.2 Å². The van der Waals surface area contributed by atoms with Gasteiger partial charge in [0.05, 0.1) is 13.2 Å². The first-order valence-corrected chi connectivity index (χ1v) is 6.08. The number of benzene rings is 1. The maximum absolute atomic E-state index is 5.44. The molecule has 0 aliphatic carbocycles. The minimum Gasteiger partial charge on any atom is -0.377 e. The smallest absolute Gasteiger partial charge is 0.0668 e. The normalized spacial score (nSPS) is 20.4. The average Bonchev–Trinajstić information content (AvgIpc) is 2.23. The quantitative estimate of drug-likeness (QED) is 0.790. The molecule has 1 heterocycles. The lowest BCUT2D eigenvalue weighted by molar-refractivity contribution is 0.0989. The Hall–Kier alpha value is -0.190. The van der Waals surface area contributed by atoms with Crippen LogP contribution in [0.3, 0.4) is 0 Å². The van der Waals surface area contributed by atoms with Gasteiger partial charge in [-0.25, -0.2) is 0 Å². The highest BCUT2D eigenvalue weighted by atomic mass is 79.9. The second-order valence-electron chi connectivity index (χ2n) is 4.05. The molecule has 0 bridgehead atoms. The second-order valence-corrected chi connectivity index (χ2v) is 4.91. The van der Waals surface area contributed by atoms with Gasteiger partial charge in [0.1, 0.15) is 0 Å². The summed E-state index contributed by atoms with van der Waals surface area (Å²) in [6.07, 6.45) is 0. The van der Waals surface area contributed by atoms with Gasteiger partial charge in [-0.2, -0.15) is 13.5 Å². The third-order valence-electron chi connectivity index (χ3n) is 2.84. The van der Waals surface area contributed by atoms with Crippen LogP contribution in [-0.4, -0.2) is 25.8 Å². The molecule has 2 rings (SSSR count). The number of rotatable bonds is 1. The molecule has 1 aliphatic heterocycles. The molecular formula is C12H18BrNOS. The number of hydrogen-bond acceptors (Lipinski definition) is 2. The van der Waals surface area contributed by atoms with Crippen LogP contribution >= 0.6 is 29.4 Å². The minimum absolute atomic E-state index is 0. The summed E-state index contributed by atoms with van der Waals surface area (Å²) < 4.78 is 6.61. The number of anilines is 1. The largest absolute Gasteiger partial charge is 0.377 e. The van der Waals surface area contributed by atoms with Crippen LogP contribution in [0.5, 0.6) is 0 Å². The van der Waals surface area contributed by atoms with E-state index in [1.165, 1.54) is 15.7 Å². The summed E-state index contributed by atoms with van der Waals surface area (Å²) in [5.41, 5.74) is 2.58. The SMILES string of the molecule is Cc1cc(N2CCOC[C@@H]2C)ccc1Br.S. The summed E-state index contributed by atoms with van der Waals surface area (Å²) >= 11 is 3.53. The fourth-order valence-electron chi connectivity index (χ4n) is 1.92. The highest BCUT2D eigenvalue weighted by Crippen LogP contribution is 2.25. The molecule has 1 aromatic carbocycles. The van der Waals surface area contributed by atoms with Crippen LogP contribution in [0.25, 0.3) is 0 Å². The van der Waals surface area contributed by atoms with Gasteiger partial charge in [-0.3, -0.25) is 0 Å². The van der Waals surface area contributed by atoms with E-state index in [-0.39, 0.29) is 13.5 Å². The van der Waals surface area contributed by atoms with E-state index in [0.29, 0.717) is 6.04 Å². The van der Waals surface area contributed by atoms with E-state index in [4.69, 9.17) is 4.74 Å². The van der Waals surface area contributed by atoms with Crippen molar-refractivity contribution in [2.45, 2.75) is 19.9 Å². The van der Waals surface area contributed by atoms with Crippen molar-refractivity contribution in [2.75, 3.05) is 24.7 Å². The molecule has 1 atom stereocenters. The number of nitrogens with zero attached hydrogens (tertiary/aromatic N) is 1. The predicted molar refractivity (Wildman–Crippen MR) is 76.9 cm³/mol. The molecule has 0 spiro atoms. The zero-order chi connectivity index (χ0) is 10.8. The number of morpholine rings is 1. The van der Waals surface area contributed by atoms with Crippen LogP contribution in [0.4, 0.5) is 5.69 Å². The Morgan fingerprint density at radius 1 is 1.44 bits per heavy atom. The molecule has 0 radical (unpaired) electrons. The highest BCUT2D eigenvalue weighted by Gasteiger charge is 2.19. The Balaban J connectivity index is 0.00000128. The lowest BCUT2D eigenvalue weighted by atomic mass is 10.1. The summed E-state index contributed by atoms with van der Waals surface area (Å²) in [7, 11) is 0. The monoisotopic (exact) mass is 303 g/mol. The van der Waals surface area contributed by atoms with Crippen LogP contribution in [0.2, 0.25) is 0 Å². The number of halogens is 1. The molecule has 0 unspecified atom stereocenters. The van der Waals surface area contributed by atoms with Crippen LogP contribution in [0, 0.1) is 6.92 Å². The third-order valence-corrected chi connectivity index (χ3v) is 3.73. The van der Waals surface area contributed by atoms with E-state index in [0.717, 1.165) is 19.8 Å². The first kappa shape index (κ1) is 13.9. The summed E-state index contributed by atoms with van der Waals surface area (Å²) in [5.74, 6) is 0. The van der Waals surface area contributed by atoms with Crippen LogP contribution in [0.15, 0.2) is 22.7 Å². The van der Waals surface area contributed by atoms with Crippen molar-refractivity contribution in [2.24, 2.45) is 0 Å². The second kappa shape index (κ2) is 5.94. The van der Waals surface area contributed by atoms with Gasteiger partial charge < -0.3 is 9.64 Å². The molecular weight excluding hydrogens is 286 g/mol. The van der Waals surface area contributed by atoms with E-state index in [1.807, 2.05) is 0 Å². The van der Waals surface area contributed by atoms with E-state index < -0.39 is 0 Å². The average molecular weight is 304 g/mol. The van der Waals surface area contributed by atoms with E-state index in [1.54, 1.807) is 0 Å². The summed E-state index contributed by atoms with van der Waals surface area (Å²) in [4.78, 5) is 2.41. The summed E-state index contributed by atoms with van der Waals surface area (Å²) in [5, 5.41) is 0. The lowest BCUT2D eigenvalue weighted by Crippen LogP contribution is -2.43. The standard InChI is InChI=1S/C12H16BrNO.H2S/c1-9-7-11(3-4-12(9)13)14-5-6-15-8-10(14)2;/h3-4,7,10H,5-6,8H2,1-2H3;1H2/t10-;/m0./s1. The topological polar surface area (TPSA) is 12.5 Å². The summed E-state index contributed by atoms with van der Waals surface area (Å²) in [6.45, 7) is 6.98. The van der Waals surface area contributed by atoms with Gasteiger partial charge in [0.2, 0.25) is 0 Å². The number of aryl methyl sites for hydroxylation is 1. The van der Waals surface area contributed by atoms with E-state index in [9.17, 15) is 0 Å². The van der Waals surface area contributed by atoms with E-state index in [2.05, 4.69) is 52.9 Å². The molecule has 0 saturated carbocycles. The Labute approximate surface area is 113 Å². The minimum atomic E-state index is 0. The molecule has 1 aliphatic rings. The molecule has 0 aromatic heterocycles. The Bertz CT molecular complexity index is 359. The van der Waals surface area contributed by atoms with Crippen molar-refractivity contribution >= 4 is 35.1 Å². The molecule has 16 heavy (non-hydrogen) atoms. The molecule has 0 amide bonds. The van der Waals surface area contributed by atoms with E-state index >= 15 is 0 Å². The first-order valence-electron chi connectivity index (χ1n) is 5.29. The Morgan fingerprint density at radius 2 is 2.19 bits per heavy atom. The fraction of sp³-hybridized carbons (Fsp3) is 0.500. The Morgan fingerprint density at radius 3 is 2.81 bits per heavy atom. The van der Waals surface area contributed by atoms with Crippen molar-refractivity contribution in [1.82, 2.24) is 0 Å². The van der Waals surface area contributed by atoms with Crippen molar-refractivity contribution in [3.8, 4) is 0 Å². The third kappa shape index (κ3) is 2.93. The molecule has 90 valence electrons.